The molecule has 0 radical (unpaired) electrons. The van der Waals surface area contributed by atoms with E-state index in [0.717, 1.165) is 14.0 Å². The summed E-state index contributed by atoms with van der Waals surface area (Å²) in [6, 6.07) is 8.07. The van der Waals surface area contributed by atoms with Crippen LogP contribution in [-0.2, 0) is 7.05 Å². The Morgan fingerprint density at radius 2 is 1.36 bits per heavy atom. The number of halogens is 2. The lowest BCUT2D eigenvalue weighted by Gasteiger charge is -2.01. The van der Waals surface area contributed by atoms with Gasteiger partial charge >= 0.3 is 11.4 Å². The van der Waals surface area contributed by atoms with Crippen LogP contribution >= 0.6 is 31.9 Å². The van der Waals surface area contributed by atoms with Crippen LogP contribution < -0.4 is 11.4 Å². The van der Waals surface area contributed by atoms with E-state index < -0.39 is 21.2 Å². The summed E-state index contributed by atoms with van der Waals surface area (Å²) in [5, 5.41) is 37.3. The van der Waals surface area contributed by atoms with E-state index in [9.17, 15) is 29.8 Å². The van der Waals surface area contributed by atoms with Crippen molar-refractivity contribution in [2.24, 2.45) is 7.05 Å². The molecule has 0 saturated heterocycles. The third-order valence-corrected chi connectivity index (χ3v) is 5.27. The first-order valence-corrected chi connectivity index (χ1v) is 10.1. The minimum absolute atomic E-state index is 0.124. The molecule has 4 aromatic rings. The number of aromatic amines is 1. The monoisotopic (exact) mass is 584 g/mol. The quantitative estimate of drug-likeness (QED) is 0.268. The van der Waals surface area contributed by atoms with Gasteiger partial charge < -0.3 is 0 Å². The van der Waals surface area contributed by atoms with E-state index in [1.807, 2.05) is 0 Å². The Labute approximate surface area is 198 Å². The fraction of sp³-hybridized carbons (Fsp3) is 0.0667. The summed E-state index contributed by atoms with van der Waals surface area (Å²) < 4.78 is 3.97. The van der Waals surface area contributed by atoms with Crippen molar-refractivity contribution in [2.45, 2.75) is 0 Å². The molecule has 16 nitrogen and oxygen atoms in total. The summed E-state index contributed by atoms with van der Waals surface area (Å²) >= 11 is 6.37. The lowest BCUT2D eigenvalue weighted by molar-refractivity contribution is -0.385. The molecule has 0 aliphatic heterocycles. The van der Waals surface area contributed by atoms with Crippen molar-refractivity contribution in [2.75, 3.05) is 0 Å². The number of non-ortho nitro benzene ring substituents is 2. The van der Waals surface area contributed by atoms with E-state index in [4.69, 9.17) is 0 Å². The number of hydrogen-bond acceptors (Lipinski definition) is 10. The maximum atomic E-state index is 11.6. The van der Waals surface area contributed by atoms with Gasteiger partial charge in [-0.2, -0.15) is 14.0 Å². The first kappa shape index (κ1) is 23.6. The summed E-state index contributed by atoms with van der Waals surface area (Å²) in [7, 11) is 1.44. The van der Waals surface area contributed by atoms with E-state index >= 15 is 0 Å². The number of nitrogens with one attached hydrogen (secondary N) is 1. The molecule has 0 unspecified atom stereocenters. The summed E-state index contributed by atoms with van der Waals surface area (Å²) in [6.07, 6.45) is 0. The topological polar surface area (TPSA) is 203 Å². The van der Waals surface area contributed by atoms with Gasteiger partial charge in [0, 0.05) is 40.3 Å². The molecule has 18 heteroatoms. The lowest BCUT2D eigenvalue weighted by atomic mass is 10.3. The van der Waals surface area contributed by atoms with Crippen LogP contribution in [0.1, 0.15) is 0 Å². The van der Waals surface area contributed by atoms with Gasteiger partial charge in [-0.3, -0.25) is 20.2 Å². The molecule has 2 aromatic carbocycles. The summed E-state index contributed by atoms with van der Waals surface area (Å²) in [6.45, 7) is 0. The first-order valence-electron chi connectivity index (χ1n) is 8.48. The van der Waals surface area contributed by atoms with Gasteiger partial charge in [0.05, 0.1) is 21.2 Å². The molecule has 0 saturated carbocycles. The van der Waals surface area contributed by atoms with Crippen molar-refractivity contribution in [3.05, 3.63) is 86.5 Å². The van der Waals surface area contributed by atoms with Crippen LogP contribution in [0.4, 0.5) is 11.4 Å². The number of tetrazole rings is 2. The van der Waals surface area contributed by atoms with Crippen molar-refractivity contribution in [3.63, 3.8) is 0 Å². The van der Waals surface area contributed by atoms with E-state index in [2.05, 4.69) is 57.8 Å². The maximum absolute atomic E-state index is 11.6. The minimum Gasteiger partial charge on any atom is -0.258 e. The number of hydrogen-bond donors (Lipinski definition) is 1. The third kappa shape index (κ3) is 5.06. The van der Waals surface area contributed by atoms with Crippen molar-refractivity contribution in [1.29, 1.82) is 0 Å². The normalized spacial score (nSPS) is 10.4. The average molecular weight is 586 g/mol. The van der Waals surface area contributed by atoms with Crippen molar-refractivity contribution >= 4 is 43.2 Å². The maximum Gasteiger partial charge on any atom is 0.368 e. The number of rotatable bonds is 4. The van der Waals surface area contributed by atoms with Crippen LogP contribution in [0.2, 0.25) is 0 Å². The van der Waals surface area contributed by atoms with Crippen LogP contribution in [0.15, 0.2) is 54.9 Å². The number of aromatic nitrogens is 8. The van der Waals surface area contributed by atoms with Gasteiger partial charge in [0.15, 0.2) is 0 Å². The number of nitrogens with zero attached hydrogens (tertiary/aromatic N) is 9. The van der Waals surface area contributed by atoms with Crippen LogP contribution in [0.25, 0.3) is 11.4 Å². The average Bonchev–Trinajstić information content (AvgIpc) is 3.34. The second kappa shape index (κ2) is 9.61. The summed E-state index contributed by atoms with van der Waals surface area (Å²) in [5.41, 5.74) is -0.772. The molecule has 1 N–H and O–H groups in total. The van der Waals surface area contributed by atoms with Crippen molar-refractivity contribution < 1.29 is 9.85 Å². The Morgan fingerprint density at radius 1 is 0.848 bits per heavy atom. The predicted octanol–water partition coefficient (Wildman–Crippen LogP) is 1.26. The van der Waals surface area contributed by atoms with Crippen LogP contribution in [-0.4, -0.2) is 49.8 Å². The van der Waals surface area contributed by atoms with Gasteiger partial charge in [0.2, 0.25) is 0 Å². The zero-order valence-corrected chi connectivity index (χ0v) is 19.4. The van der Waals surface area contributed by atoms with E-state index in [-0.39, 0.29) is 22.7 Å². The molecule has 2 aromatic heterocycles. The van der Waals surface area contributed by atoms with Crippen molar-refractivity contribution in [1.82, 2.24) is 40.0 Å². The molecule has 0 bridgehead atoms. The Hall–Kier alpha value is -4.06. The fourth-order valence-electron chi connectivity index (χ4n) is 2.37. The highest BCUT2D eigenvalue weighted by Gasteiger charge is 2.15. The number of benzene rings is 2. The predicted molar refractivity (Wildman–Crippen MR) is 117 cm³/mol. The van der Waals surface area contributed by atoms with Gasteiger partial charge in [-0.25, -0.2) is 14.7 Å². The number of nitro benzene ring substituents is 2. The number of nitro groups is 2. The van der Waals surface area contributed by atoms with E-state index in [1.54, 1.807) is 0 Å². The highest BCUT2D eigenvalue weighted by molar-refractivity contribution is 9.11. The highest BCUT2D eigenvalue weighted by atomic mass is 79.9. The summed E-state index contributed by atoms with van der Waals surface area (Å²) in [4.78, 5) is 43.0. The molecule has 0 amide bonds. The van der Waals surface area contributed by atoms with Gasteiger partial charge in [-0.15, -0.1) is 0 Å². The Morgan fingerprint density at radius 3 is 1.76 bits per heavy atom. The number of aryl methyl sites for hydroxylation is 1. The molecule has 0 atom stereocenters. The molecule has 0 aliphatic rings. The molecule has 170 valence electrons. The minimum atomic E-state index is -0.568. The molecule has 0 spiro atoms. The molecule has 2 heterocycles. The SMILES string of the molecule is Cn1nnn(-c2cc([N+](=O)[O-])ccc2Br)c1=O.O=c1[nH]nnn1-c1cc([N+](=O)[O-])ccc1Br. The first-order chi connectivity index (χ1) is 15.6. The van der Waals surface area contributed by atoms with Gasteiger partial charge in [0.25, 0.3) is 11.4 Å². The fourth-order valence-corrected chi connectivity index (χ4v) is 3.20. The van der Waals surface area contributed by atoms with Crippen LogP contribution in [0.5, 0.6) is 0 Å². The van der Waals surface area contributed by atoms with Crippen LogP contribution in [0, 0.1) is 20.2 Å². The molecular weight excluding hydrogens is 576 g/mol. The second-order valence-corrected chi connectivity index (χ2v) is 7.71. The standard InChI is InChI=1S/C8H6BrN5O3.C7H4BrN5O3/c1-12-8(15)13(11-10-12)7-4-5(14(16)17)2-3-6(7)9;8-5-2-1-4(13(15)16)3-6(5)12-7(14)9-10-11-12/h2-4H,1H3;1-3H,(H,9,11,14). The largest absolute Gasteiger partial charge is 0.368 e. The molecule has 0 aliphatic carbocycles. The Kier molecular flexibility index (Phi) is 6.87. The van der Waals surface area contributed by atoms with Gasteiger partial charge in [-0.05, 0) is 64.8 Å². The molecular formula is C15H10Br2N10O6. The molecule has 33 heavy (non-hydrogen) atoms. The number of H-pyrrole nitrogens is 1. The van der Waals surface area contributed by atoms with E-state index in [0.29, 0.717) is 8.95 Å². The Bertz CT molecular complexity index is 1470. The zero-order valence-electron chi connectivity index (χ0n) is 16.2. The van der Waals surface area contributed by atoms with Gasteiger partial charge in [-0.1, -0.05) is 0 Å². The zero-order chi connectivity index (χ0) is 24.3. The third-order valence-electron chi connectivity index (χ3n) is 3.93. The van der Waals surface area contributed by atoms with Crippen LogP contribution in [0.3, 0.4) is 0 Å². The van der Waals surface area contributed by atoms with E-state index in [1.165, 1.54) is 43.4 Å². The molecule has 4 rings (SSSR count). The van der Waals surface area contributed by atoms with Crippen molar-refractivity contribution in [3.8, 4) is 11.4 Å². The smallest absolute Gasteiger partial charge is 0.258 e. The van der Waals surface area contributed by atoms with Gasteiger partial charge in [0.1, 0.15) is 0 Å². The summed E-state index contributed by atoms with van der Waals surface area (Å²) in [5.74, 6) is 0. The lowest BCUT2D eigenvalue weighted by Crippen LogP contribution is -2.22. The Balaban J connectivity index is 0.000000186. The second-order valence-electron chi connectivity index (χ2n) is 6.00. The molecule has 0 fully saturated rings. The highest BCUT2D eigenvalue weighted by Crippen LogP contribution is 2.25.